The lowest BCUT2D eigenvalue weighted by atomic mass is 9.97. The summed E-state index contributed by atoms with van der Waals surface area (Å²) in [6.45, 7) is 11.6. The molecule has 1 unspecified atom stereocenters. The standard InChI is InChI=1S/C18H30O4S/c1-6-8-9-10-11-17(19)21-13-14(3)12-15(4)18(22-23)16(7-2)20-5/h6-7,12,15-16,18,23H,1-2,8-11,13H2,3-5H3/b14-12-/t15-,16?,18+/m1/s1. The molecule has 4 nitrogen and oxygen atoms in total. The van der Waals surface area contributed by atoms with E-state index in [2.05, 4.69) is 26.1 Å². The molecule has 0 aliphatic rings. The number of hydrogen-bond donors (Lipinski definition) is 1. The summed E-state index contributed by atoms with van der Waals surface area (Å²) in [6, 6.07) is 0. The van der Waals surface area contributed by atoms with Crippen LogP contribution in [0.4, 0.5) is 0 Å². The molecule has 0 bridgehead atoms. The average molecular weight is 343 g/mol. The van der Waals surface area contributed by atoms with Gasteiger partial charge in [-0.1, -0.05) is 25.2 Å². The number of unbranched alkanes of at least 4 members (excludes halogenated alkanes) is 2. The maximum absolute atomic E-state index is 11.6. The molecule has 0 saturated heterocycles. The Balaban J connectivity index is 4.33. The summed E-state index contributed by atoms with van der Waals surface area (Å²) in [5.74, 6) is -0.126. The van der Waals surface area contributed by atoms with Crippen molar-refractivity contribution in [1.29, 1.82) is 0 Å². The third-order valence-electron chi connectivity index (χ3n) is 3.52. The number of hydrogen-bond acceptors (Lipinski definition) is 5. The summed E-state index contributed by atoms with van der Waals surface area (Å²) in [6.07, 6.45) is 8.20. The first-order valence-corrected chi connectivity index (χ1v) is 8.26. The van der Waals surface area contributed by atoms with Gasteiger partial charge in [-0.25, -0.2) is 0 Å². The minimum Gasteiger partial charge on any atom is -0.461 e. The second-order valence-corrected chi connectivity index (χ2v) is 5.78. The molecule has 5 heteroatoms. The summed E-state index contributed by atoms with van der Waals surface area (Å²) >= 11 is 3.92. The van der Waals surface area contributed by atoms with E-state index in [4.69, 9.17) is 13.7 Å². The zero-order chi connectivity index (χ0) is 17.7. The van der Waals surface area contributed by atoms with Gasteiger partial charge in [-0.2, -0.15) is 0 Å². The Bertz CT molecular complexity index is 392. The summed E-state index contributed by atoms with van der Waals surface area (Å²) in [7, 11) is 1.60. The lowest BCUT2D eigenvalue weighted by Crippen LogP contribution is -2.32. The van der Waals surface area contributed by atoms with Gasteiger partial charge >= 0.3 is 5.97 Å². The molecule has 0 amide bonds. The van der Waals surface area contributed by atoms with Crippen LogP contribution in [0, 0.1) is 5.92 Å². The van der Waals surface area contributed by atoms with Gasteiger partial charge in [0.1, 0.15) is 18.8 Å². The van der Waals surface area contributed by atoms with E-state index in [1.807, 2.05) is 26.0 Å². The van der Waals surface area contributed by atoms with Crippen LogP contribution in [0.1, 0.15) is 39.5 Å². The molecule has 0 radical (unpaired) electrons. The van der Waals surface area contributed by atoms with E-state index in [0.29, 0.717) is 6.42 Å². The van der Waals surface area contributed by atoms with Gasteiger partial charge in [0, 0.05) is 19.4 Å². The van der Waals surface area contributed by atoms with Crippen LogP contribution in [0.25, 0.3) is 0 Å². The fraction of sp³-hybridized carbons (Fsp3) is 0.611. The lowest BCUT2D eigenvalue weighted by Gasteiger charge is -2.25. The molecule has 3 atom stereocenters. The van der Waals surface area contributed by atoms with Crippen LogP contribution in [0.15, 0.2) is 37.0 Å². The Morgan fingerprint density at radius 3 is 2.52 bits per heavy atom. The molecule has 0 spiro atoms. The predicted octanol–water partition coefficient (Wildman–Crippen LogP) is 4.29. The molecule has 0 saturated carbocycles. The van der Waals surface area contributed by atoms with Crippen LogP contribution < -0.4 is 0 Å². The van der Waals surface area contributed by atoms with Crippen LogP contribution in [-0.2, 0) is 18.5 Å². The highest BCUT2D eigenvalue weighted by Gasteiger charge is 2.24. The van der Waals surface area contributed by atoms with Crippen LogP contribution in [-0.4, -0.2) is 31.9 Å². The Kier molecular flexibility index (Phi) is 12.8. The van der Waals surface area contributed by atoms with Crippen LogP contribution in [0.5, 0.6) is 0 Å². The maximum atomic E-state index is 11.6. The van der Waals surface area contributed by atoms with Gasteiger partial charge in [0.15, 0.2) is 0 Å². The van der Waals surface area contributed by atoms with E-state index in [0.717, 1.165) is 24.8 Å². The van der Waals surface area contributed by atoms with Crippen molar-refractivity contribution in [3.8, 4) is 0 Å². The molecular formula is C18H30O4S. The van der Waals surface area contributed by atoms with Crippen LogP contribution >= 0.6 is 12.9 Å². The SMILES string of the molecule is C=CCCCCC(=O)OC/C(C)=C\[C@@H](C)[C@H](OS)C(C=C)OC. The number of carbonyl (C=O) groups excluding carboxylic acids is 1. The topological polar surface area (TPSA) is 44.8 Å². The molecule has 0 N–H and O–H groups in total. The quantitative estimate of drug-likeness (QED) is 0.178. The van der Waals surface area contributed by atoms with E-state index in [-0.39, 0.29) is 30.7 Å². The van der Waals surface area contributed by atoms with E-state index in [9.17, 15) is 4.79 Å². The zero-order valence-electron chi connectivity index (χ0n) is 14.5. The van der Waals surface area contributed by atoms with Crippen molar-refractivity contribution in [2.75, 3.05) is 13.7 Å². The van der Waals surface area contributed by atoms with Crippen molar-refractivity contribution in [3.63, 3.8) is 0 Å². The Labute approximate surface area is 146 Å². The molecule has 0 aromatic carbocycles. The van der Waals surface area contributed by atoms with Crippen molar-refractivity contribution in [2.24, 2.45) is 5.92 Å². The molecule has 0 aliphatic carbocycles. The Hall–Kier alpha value is -1.04. The summed E-state index contributed by atoms with van der Waals surface area (Å²) in [5.41, 5.74) is 0.964. The number of ether oxygens (including phenoxy) is 2. The summed E-state index contributed by atoms with van der Waals surface area (Å²) in [5, 5.41) is 0. The molecule has 0 heterocycles. The molecular weight excluding hydrogens is 312 g/mol. The van der Waals surface area contributed by atoms with E-state index < -0.39 is 0 Å². The minimum atomic E-state index is -0.259. The van der Waals surface area contributed by atoms with E-state index in [1.165, 1.54) is 0 Å². The molecule has 23 heavy (non-hydrogen) atoms. The van der Waals surface area contributed by atoms with Gasteiger partial charge in [-0.3, -0.25) is 4.79 Å². The summed E-state index contributed by atoms with van der Waals surface area (Å²) in [4.78, 5) is 11.6. The van der Waals surface area contributed by atoms with Crippen molar-refractivity contribution in [1.82, 2.24) is 0 Å². The first kappa shape index (κ1) is 22.0. The first-order valence-electron chi connectivity index (χ1n) is 7.89. The van der Waals surface area contributed by atoms with Crippen LogP contribution in [0.2, 0.25) is 0 Å². The normalized spacial score (nSPS) is 15.6. The monoisotopic (exact) mass is 342 g/mol. The molecule has 0 aromatic heterocycles. The second kappa shape index (κ2) is 13.4. The number of methoxy groups -OCH3 is 1. The molecule has 0 rings (SSSR count). The second-order valence-electron chi connectivity index (χ2n) is 5.57. The van der Waals surface area contributed by atoms with E-state index >= 15 is 0 Å². The molecule has 0 aliphatic heterocycles. The van der Waals surface area contributed by atoms with Gasteiger partial charge in [0.05, 0.1) is 0 Å². The highest BCUT2D eigenvalue weighted by atomic mass is 32.1. The molecule has 132 valence electrons. The van der Waals surface area contributed by atoms with Crippen LogP contribution in [0.3, 0.4) is 0 Å². The lowest BCUT2D eigenvalue weighted by molar-refractivity contribution is -0.142. The number of thiol groups is 1. The third kappa shape index (κ3) is 9.64. The minimum absolute atomic E-state index is 0.0433. The van der Waals surface area contributed by atoms with E-state index in [1.54, 1.807) is 13.2 Å². The van der Waals surface area contributed by atoms with Crippen molar-refractivity contribution in [2.45, 2.75) is 51.7 Å². The number of allylic oxidation sites excluding steroid dienone is 1. The van der Waals surface area contributed by atoms with Gasteiger partial charge in [0.25, 0.3) is 0 Å². The number of carbonyl (C=O) groups is 1. The predicted molar refractivity (Wildman–Crippen MR) is 97.4 cm³/mol. The zero-order valence-corrected chi connectivity index (χ0v) is 15.4. The summed E-state index contributed by atoms with van der Waals surface area (Å²) < 4.78 is 15.8. The average Bonchev–Trinajstić information content (AvgIpc) is 2.54. The van der Waals surface area contributed by atoms with Crippen molar-refractivity contribution < 1.29 is 18.5 Å². The smallest absolute Gasteiger partial charge is 0.306 e. The highest BCUT2D eigenvalue weighted by Crippen LogP contribution is 2.19. The van der Waals surface area contributed by atoms with Gasteiger partial charge in [-0.15, -0.1) is 13.2 Å². The van der Waals surface area contributed by atoms with Gasteiger partial charge in [-0.05, 0) is 44.7 Å². The Morgan fingerprint density at radius 2 is 2.00 bits per heavy atom. The fourth-order valence-electron chi connectivity index (χ4n) is 2.24. The maximum Gasteiger partial charge on any atom is 0.306 e. The fourth-order valence-corrected chi connectivity index (χ4v) is 2.55. The Morgan fingerprint density at radius 1 is 1.30 bits per heavy atom. The molecule has 0 aromatic rings. The van der Waals surface area contributed by atoms with Crippen molar-refractivity contribution >= 4 is 18.9 Å². The van der Waals surface area contributed by atoms with Gasteiger partial charge in [0.2, 0.25) is 0 Å². The third-order valence-corrected chi connectivity index (χ3v) is 3.76. The van der Waals surface area contributed by atoms with Crippen molar-refractivity contribution in [3.05, 3.63) is 37.0 Å². The first-order chi connectivity index (χ1) is 11.0. The highest BCUT2D eigenvalue weighted by molar-refractivity contribution is 7.75. The number of rotatable bonds is 13. The largest absolute Gasteiger partial charge is 0.461 e. The number of esters is 1. The van der Waals surface area contributed by atoms with Gasteiger partial charge < -0.3 is 13.7 Å². The molecule has 0 fully saturated rings.